The van der Waals surface area contributed by atoms with E-state index in [1.54, 1.807) is 30.3 Å². The van der Waals surface area contributed by atoms with Crippen molar-refractivity contribution < 1.29 is 14.6 Å². The zero-order valence-corrected chi connectivity index (χ0v) is 15.0. The summed E-state index contributed by atoms with van der Waals surface area (Å²) in [6.07, 6.45) is 7.19. The van der Waals surface area contributed by atoms with Gasteiger partial charge in [0.1, 0.15) is 5.75 Å². The summed E-state index contributed by atoms with van der Waals surface area (Å²) < 4.78 is 5.40. The lowest BCUT2D eigenvalue weighted by Crippen LogP contribution is -2.18. The molecule has 0 aliphatic carbocycles. The van der Waals surface area contributed by atoms with Crippen LogP contribution in [0.5, 0.6) is 5.75 Å². The van der Waals surface area contributed by atoms with Gasteiger partial charge in [0.2, 0.25) is 0 Å². The number of aliphatic hydroxyl groups is 1. The highest BCUT2D eigenvalue weighted by Crippen LogP contribution is 2.18. The predicted octanol–water partition coefficient (Wildman–Crippen LogP) is 4.81. The maximum absolute atomic E-state index is 11.7. The fraction of sp³-hybridized carbons (Fsp3) is 0.526. The molecule has 1 aromatic carbocycles. The molecule has 0 unspecified atom stereocenters. The molecule has 1 N–H and O–H groups in total. The fourth-order valence-electron chi connectivity index (χ4n) is 2.17. The first-order valence-corrected chi connectivity index (χ1v) is 8.44. The van der Waals surface area contributed by atoms with Gasteiger partial charge in [-0.05, 0) is 62.9 Å². The highest BCUT2D eigenvalue weighted by Gasteiger charge is 2.12. The molecule has 0 bridgehead atoms. The Labute approximate surface area is 144 Å². The van der Waals surface area contributed by atoms with Gasteiger partial charge in [0.25, 0.3) is 0 Å². The Morgan fingerprint density at radius 3 is 2.61 bits per heavy atom. The van der Waals surface area contributed by atoms with Gasteiger partial charge in [-0.2, -0.15) is 0 Å². The van der Waals surface area contributed by atoms with Crippen LogP contribution in [0.2, 0.25) is 5.02 Å². The van der Waals surface area contributed by atoms with E-state index >= 15 is 0 Å². The van der Waals surface area contributed by atoms with Crippen molar-refractivity contribution in [2.24, 2.45) is 5.92 Å². The molecule has 1 atom stereocenters. The highest BCUT2D eigenvalue weighted by atomic mass is 35.5. The minimum atomic E-state index is -0.593. The molecule has 0 aliphatic heterocycles. The molecule has 0 saturated carbocycles. The third-order valence-corrected chi connectivity index (χ3v) is 3.77. The minimum Gasteiger partial charge on any atom is -0.485 e. The summed E-state index contributed by atoms with van der Waals surface area (Å²) in [5, 5.41) is 10.3. The Hall–Kier alpha value is -1.32. The van der Waals surface area contributed by atoms with Gasteiger partial charge >= 0.3 is 0 Å². The zero-order chi connectivity index (χ0) is 17.3. The molecule has 0 aliphatic rings. The first-order valence-electron chi connectivity index (χ1n) is 8.06. The average molecular weight is 339 g/mol. The van der Waals surface area contributed by atoms with E-state index in [9.17, 15) is 9.90 Å². The number of carbonyl (C=O) groups is 1. The number of hydrogen-bond donors (Lipinski definition) is 1. The second kappa shape index (κ2) is 9.74. The molecule has 128 valence electrons. The van der Waals surface area contributed by atoms with Gasteiger partial charge in [-0.3, -0.25) is 4.79 Å². The van der Waals surface area contributed by atoms with Crippen molar-refractivity contribution in [3.05, 3.63) is 41.4 Å². The number of halogens is 1. The third-order valence-electron chi connectivity index (χ3n) is 3.52. The van der Waals surface area contributed by atoms with E-state index < -0.39 is 5.60 Å². The van der Waals surface area contributed by atoms with Crippen LogP contribution in [-0.2, 0) is 4.79 Å². The average Bonchev–Trinajstić information content (AvgIpc) is 2.45. The minimum absolute atomic E-state index is 0.0330. The Balaban J connectivity index is 2.20. The van der Waals surface area contributed by atoms with Gasteiger partial charge in [0.05, 0.1) is 5.60 Å². The lowest BCUT2D eigenvalue weighted by atomic mass is 9.95. The molecule has 1 aromatic rings. The summed E-state index contributed by atoms with van der Waals surface area (Å²) in [5.74, 6) is 1.08. The van der Waals surface area contributed by atoms with Gasteiger partial charge in [-0.1, -0.05) is 37.4 Å². The van der Waals surface area contributed by atoms with Crippen molar-refractivity contribution in [1.29, 1.82) is 0 Å². The summed E-state index contributed by atoms with van der Waals surface area (Å²) in [5.41, 5.74) is -0.593. The predicted molar refractivity (Wildman–Crippen MR) is 95.0 cm³/mol. The first-order chi connectivity index (χ1) is 10.8. The Morgan fingerprint density at radius 1 is 1.35 bits per heavy atom. The van der Waals surface area contributed by atoms with Gasteiger partial charge in [-0.25, -0.2) is 0 Å². The van der Waals surface area contributed by atoms with Gasteiger partial charge < -0.3 is 9.84 Å². The number of benzene rings is 1. The molecule has 0 radical (unpaired) electrons. The zero-order valence-electron chi connectivity index (χ0n) is 14.2. The van der Waals surface area contributed by atoms with Crippen LogP contribution in [0.25, 0.3) is 0 Å². The van der Waals surface area contributed by atoms with Crippen molar-refractivity contribution in [1.82, 2.24) is 0 Å². The smallest absolute Gasteiger partial charge is 0.192 e. The van der Waals surface area contributed by atoms with Crippen molar-refractivity contribution in [3.8, 4) is 5.75 Å². The summed E-state index contributed by atoms with van der Waals surface area (Å²) in [6.45, 7) is 5.85. The number of allylic oxidation sites excluding steroid dienone is 1. The van der Waals surface area contributed by atoms with Crippen molar-refractivity contribution >= 4 is 17.4 Å². The Kier molecular flexibility index (Phi) is 8.35. The lowest BCUT2D eigenvalue weighted by Gasteiger charge is -2.17. The van der Waals surface area contributed by atoms with Crippen LogP contribution < -0.4 is 4.74 Å². The maximum atomic E-state index is 11.7. The molecule has 0 heterocycles. The molecule has 0 amide bonds. The van der Waals surface area contributed by atoms with Crippen LogP contribution in [-0.4, -0.2) is 23.1 Å². The molecule has 0 spiro atoms. The molecule has 23 heavy (non-hydrogen) atoms. The van der Waals surface area contributed by atoms with Crippen LogP contribution in [0.4, 0.5) is 0 Å². The van der Waals surface area contributed by atoms with E-state index in [-0.39, 0.29) is 12.4 Å². The summed E-state index contributed by atoms with van der Waals surface area (Å²) in [4.78, 5) is 11.7. The molecule has 0 aromatic heterocycles. The summed E-state index contributed by atoms with van der Waals surface area (Å²) in [7, 11) is 0. The fourth-order valence-corrected chi connectivity index (χ4v) is 2.29. The van der Waals surface area contributed by atoms with E-state index in [0.717, 1.165) is 25.7 Å². The van der Waals surface area contributed by atoms with Crippen molar-refractivity contribution in [2.75, 3.05) is 6.61 Å². The SMILES string of the molecule is C[C@@H](C/C=C/C(=O)COc1ccc(Cl)cc1)CCCC(C)(C)O. The number of ketones is 1. The van der Waals surface area contributed by atoms with Crippen LogP contribution in [0.1, 0.15) is 46.5 Å². The normalized spacial score (nSPS) is 13.3. The number of carbonyl (C=O) groups excluding carboxylic acids is 1. The van der Waals surface area contributed by atoms with E-state index in [4.69, 9.17) is 16.3 Å². The van der Waals surface area contributed by atoms with E-state index in [2.05, 4.69) is 6.92 Å². The first kappa shape index (κ1) is 19.7. The largest absolute Gasteiger partial charge is 0.485 e. The molecule has 0 saturated heterocycles. The van der Waals surface area contributed by atoms with Crippen LogP contribution >= 0.6 is 11.6 Å². The maximum Gasteiger partial charge on any atom is 0.192 e. The topological polar surface area (TPSA) is 46.5 Å². The van der Waals surface area contributed by atoms with E-state index in [0.29, 0.717) is 16.7 Å². The summed E-state index contributed by atoms with van der Waals surface area (Å²) in [6, 6.07) is 6.94. The molecule has 0 fully saturated rings. The van der Waals surface area contributed by atoms with E-state index in [1.165, 1.54) is 0 Å². The van der Waals surface area contributed by atoms with Crippen LogP contribution in [0.15, 0.2) is 36.4 Å². The van der Waals surface area contributed by atoms with E-state index in [1.807, 2.05) is 19.9 Å². The number of hydrogen-bond acceptors (Lipinski definition) is 3. The Morgan fingerprint density at radius 2 is 2.00 bits per heavy atom. The van der Waals surface area contributed by atoms with Gasteiger partial charge in [0.15, 0.2) is 12.4 Å². The monoisotopic (exact) mass is 338 g/mol. The quantitative estimate of drug-likeness (QED) is 0.622. The molecule has 3 nitrogen and oxygen atoms in total. The number of ether oxygens (including phenoxy) is 1. The molecule has 1 rings (SSSR count). The highest BCUT2D eigenvalue weighted by molar-refractivity contribution is 6.30. The molecule has 4 heteroatoms. The van der Waals surface area contributed by atoms with Crippen LogP contribution in [0.3, 0.4) is 0 Å². The summed E-state index contributed by atoms with van der Waals surface area (Å²) >= 11 is 5.79. The number of rotatable bonds is 10. The van der Waals surface area contributed by atoms with Gasteiger partial charge in [-0.15, -0.1) is 0 Å². The Bertz CT molecular complexity index is 500. The molecular weight excluding hydrogens is 312 g/mol. The standard InChI is InChI=1S/C19H27ClO3/c1-15(7-5-13-19(2,3)22)6-4-8-17(21)14-23-18-11-9-16(20)10-12-18/h4,8-12,15,22H,5-7,13-14H2,1-3H3/b8-4+/t15-/m0/s1. The van der Waals surface area contributed by atoms with Crippen molar-refractivity contribution in [3.63, 3.8) is 0 Å². The second-order valence-corrected chi connectivity index (χ2v) is 7.09. The third kappa shape index (κ3) is 10.1. The second-order valence-electron chi connectivity index (χ2n) is 6.66. The lowest BCUT2D eigenvalue weighted by molar-refractivity contribution is -0.116. The van der Waals surface area contributed by atoms with Crippen molar-refractivity contribution in [2.45, 2.75) is 52.1 Å². The molecular formula is C19H27ClO3. The van der Waals surface area contributed by atoms with Crippen LogP contribution in [0, 0.1) is 5.92 Å². The van der Waals surface area contributed by atoms with Gasteiger partial charge in [0, 0.05) is 5.02 Å².